The van der Waals surface area contributed by atoms with Crippen LogP contribution in [0, 0.1) is 0 Å². The number of allylic oxidation sites excluding steroid dienone is 4. The van der Waals surface area contributed by atoms with Crippen LogP contribution in [-0.2, 0) is 0 Å². The molecule has 0 aromatic rings. The average Bonchev–Trinajstić information content (AvgIpc) is 2.07. The monoisotopic (exact) mass is 184 g/mol. The molecule has 0 heterocycles. The summed E-state index contributed by atoms with van der Waals surface area (Å²) >= 11 is 0. The molecule has 0 unspecified atom stereocenters. The van der Waals surface area contributed by atoms with Crippen molar-refractivity contribution in [2.24, 2.45) is 0 Å². The van der Waals surface area contributed by atoms with Gasteiger partial charge in [0.05, 0.1) is 5.76 Å². The van der Waals surface area contributed by atoms with Crippen molar-refractivity contribution in [3.05, 3.63) is 23.5 Å². The Bertz CT molecular complexity index is 145. The largest absolute Gasteiger partial charge is 0.513 e. The zero-order valence-electron chi connectivity index (χ0n) is 9.72. The molecular formula is C12H24O. The van der Waals surface area contributed by atoms with E-state index in [9.17, 15) is 0 Å². The van der Waals surface area contributed by atoms with E-state index in [4.69, 9.17) is 5.11 Å². The van der Waals surface area contributed by atoms with Gasteiger partial charge >= 0.3 is 0 Å². The van der Waals surface area contributed by atoms with Gasteiger partial charge in [-0.2, -0.15) is 0 Å². The van der Waals surface area contributed by atoms with Gasteiger partial charge in [0.25, 0.3) is 0 Å². The van der Waals surface area contributed by atoms with Gasteiger partial charge in [-0.3, -0.25) is 0 Å². The van der Waals surface area contributed by atoms with Gasteiger partial charge in [0.15, 0.2) is 0 Å². The Balaban J connectivity index is 0. The van der Waals surface area contributed by atoms with E-state index < -0.39 is 0 Å². The van der Waals surface area contributed by atoms with Gasteiger partial charge in [-0.15, -0.1) is 0 Å². The van der Waals surface area contributed by atoms with E-state index in [0.29, 0.717) is 5.76 Å². The molecule has 0 aromatic carbocycles. The molecular weight excluding hydrogens is 160 g/mol. The van der Waals surface area contributed by atoms with Gasteiger partial charge in [0.1, 0.15) is 0 Å². The first-order valence-corrected chi connectivity index (χ1v) is 5.17. The SMILES string of the molecule is CCC.CCC(=C/C=C(\C)O)CC. The highest BCUT2D eigenvalue weighted by molar-refractivity contribution is 5.12. The summed E-state index contributed by atoms with van der Waals surface area (Å²) in [5.74, 6) is 0.374. The maximum absolute atomic E-state index is 8.81. The summed E-state index contributed by atoms with van der Waals surface area (Å²) in [6.45, 7) is 10.2. The van der Waals surface area contributed by atoms with Gasteiger partial charge in [-0.25, -0.2) is 0 Å². The fourth-order valence-corrected chi connectivity index (χ4v) is 0.724. The first-order valence-electron chi connectivity index (χ1n) is 5.17. The maximum Gasteiger partial charge on any atom is 0.0891 e. The van der Waals surface area contributed by atoms with Crippen LogP contribution in [-0.4, -0.2) is 5.11 Å². The van der Waals surface area contributed by atoms with E-state index in [2.05, 4.69) is 27.7 Å². The van der Waals surface area contributed by atoms with Crippen LogP contribution in [0.3, 0.4) is 0 Å². The Morgan fingerprint density at radius 1 is 1.00 bits per heavy atom. The highest BCUT2D eigenvalue weighted by Gasteiger charge is 1.86. The van der Waals surface area contributed by atoms with E-state index in [1.807, 2.05) is 6.08 Å². The highest BCUT2D eigenvalue weighted by atomic mass is 16.3. The molecule has 0 radical (unpaired) electrons. The molecule has 0 aliphatic heterocycles. The predicted octanol–water partition coefficient (Wildman–Crippen LogP) is 4.61. The lowest BCUT2D eigenvalue weighted by molar-refractivity contribution is 0.414. The summed E-state index contributed by atoms with van der Waals surface area (Å²) in [7, 11) is 0. The van der Waals surface area contributed by atoms with Crippen molar-refractivity contribution < 1.29 is 5.11 Å². The molecule has 0 amide bonds. The van der Waals surface area contributed by atoms with Crippen molar-refractivity contribution in [2.45, 2.75) is 53.9 Å². The smallest absolute Gasteiger partial charge is 0.0891 e. The van der Waals surface area contributed by atoms with E-state index >= 15 is 0 Å². The van der Waals surface area contributed by atoms with Crippen molar-refractivity contribution >= 4 is 0 Å². The molecule has 1 heteroatoms. The Morgan fingerprint density at radius 3 is 1.62 bits per heavy atom. The summed E-state index contributed by atoms with van der Waals surface area (Å²) in [4.78, 5) is 0. The van der Waals surface area contributed by atoms with Crippen LogP contribution >= 0.6 is 0 Å². The first-order chi connectivity index (χ1) is 6.12. The van der Waals surface area contributed by atoms with Gasteiger partial charge in [-0.1, -0.05) is 45.8 Å². The summed E-state index contributed by atoms with van der Waals surface area (Å²) in [6, 6.07) is 0. The van der Waals surface area contributed by atoms with E-state index in [1.165, 1.54) is 12.0 Å². The fraction of sp³-hybridized carbons (Fsp3) is 0.667. The van der Waals surface area contributed by atoms with E-state index in [1.54, 1.807) is 13.0 Å². The maximum atomic E-state index is 8.81. The molecule has 0 bridgehead atoms. The number of hydrogen-bond donors (Lipinski definition) is 1. The fourth-order valence-electron chi connectivity index (χ4n) is 0.724. The highest BCUT2D eigenvalue weighted by Crippen LogP contribution is 2.05. The quantitative estimate of drug-likeness (QED) is 0.501. The molecule has 1 N–H and O–H groups in total. The summed E-state index contributed by atoms with van der Waals surface area (Å²) < 4.78 is 0. The molecule has 0 fully saturated rings. The molecule has 78 valence electrons. The molecule has 0 aromatic heterocycles. The zero-order valence-corrected chi connectivity index (χ0v) is 9.72. The van der Waals surface area contributed by atoms with Crippen LogP contribution < -0.4 is 0 Å². The molecule has 1 nitrogen and oxygen atoms in total. The average molecular weight is 184 g/mol. The minimum atomic E-state index is 0.374. The normalized spacial score (nSPS) is 10.1. The Labute approximate surface area is 83.2 Å². The molecule has 0 atom stereocenters. The third kappa shape index (κ3) is 14.2. The van der Waals surface area contributed by atoms with Crippen LogP contribution in [0.5, 0.6) is 0 Å². The van der Waals surface area contributed by atoms with E-state index in [0.717, 1.165) is 12.8 Å². The summed E-state index contributed by atoms with van der Waals surface area (Å²) in [5.41, 5.74) is 1.37. The van der Waals surface area contributed by atoms with Gasteiger partial charge in [0.2, 0.25) is 0 Å². The van der Waals surface area contributed by atoms with Crippen molar-refractivity contribution in [3.8, 4) is 0 Å². The van der Waals surface area contributed by atoms with Crippen molar-refractivity contribution in [1.82, 2.24) is 0 Å². The minimum Gasteiger partial charge on any atom is -0.513 e. The predicted molar refractivity (Wildman–Crippen MR) is 61.0 cm³/mol. The second-order valence-corrected chi connectivity index (χ2v) is 3.05. The van der Waals surface area contributed by atoms with Crippen molar-refractivity contribution in [2.75, 3.05) is 0 Å². The van der Waals surface area contributed by atoms with Gasteiger partial charge < -0.3 is 5.11 Å². The standard InChI is InChI=1S/C9H16O.C3H8/c1-4-9(5-2)7-6-8(3)10;1-3-2/h6-7,10H,4-5H2,1-3H3;3H2,1-2H3/b8-6+;. The third-order valence-corrected chi connectivity index (χ3v) is 1.47. The van der Waals surface area contributed by atoms with E-state index in [-0.39, 0.29) is 0 Å². The van der Waals surface area contributed by atoms with Crippen LogP contribution in [0.4, 0.5) is 0 Å². The lowest BCUT2D eigenvalue weighted by Gasteiger charge is -1.95. The molecule has 0 spiro atoms. The zero-order chi connectivity index (χ0) is 10.7. The Hall–Kier alpha value is -0.720. The topological polar surface area (TPSA) is 20.2 Å². The lowest BCUT2D eigenvalue weighted by Crippen LogP contribution is -1.76. The number of hydrogen-bond acceptors (Lipinski definition) is 1. The van der Waals surface area contributed by atoms with Crippen molar-refractivity contribution in [3.63, 3.8) is 0 Å². The third-order valence-electron chi connectivity index (χ3n) is 1.47. The van der Waals surface area contributed by atoms with Crippen LogP contribution in [0.1, 0.15) is 53.9 Å². The van der Waals surface area contributed by atoms with Crippen LogP contribution in [0.25, 0.3) is 0 Å². The second-order valence-electron chi connectivity index (χ2n) is 3.05. The molecule has 0 aliphatic rings. The minimum absolute atomic E-state index is 0.374. The molecule has 0 saturated carbocycles. The Morgan fingerprint density at radius 2 is 1.38 bits per heavy atom. The van der Waals surface area contributed by atoms with Gasteiger partial charge in [0, 0.05) is 0 Å². The molecule has 13 heavy (non-hydrogen) atoms. The number of rotatable bonds is 3. The number of aliphatic hydroxyl groups excluding tert-OH is 1. The lowest BCUT2D eigenvalue weighted by atomic mass is 10.1. The number of aliphatic hydroxyl groups is 1. The summed E-state index contributed by atoms with van der Waals surface area (Å²) in [6.07, 6.45) is 7.11. The van der Waals surface area contributed by atoms with Gasteiger partial charge in [-0.05, 0) is 25.8 Å². The van der Waals surface area contributed by atoms with Crippen LogP contribution in [0.2, 0.25) is 0 Å². The molecule has 0 saturated heterocycles. The molecule has 0 aliphatic carbocycles. The first kappa shape index (κ1) is 14.8. The second kappa shape index (κ2) is 11.3. The Kier molecular flexibility index (Phi) is 12.8. The van der Waals surface area contributed by atoms with Crippen molar-refractivity contribution in [1.29, 1.82) is 0 Å². The van der Waals surface area contributed by atoms with Crippen LogP contribution in [0.15, 0.2) is 23.5 Å². The molecule has 0 rings (SSSR count). The summed E-state index contributed by atoms with van der Waals surface area (Å²) in [5, 5.41) is 8.81.